The molecule has 1 atom stereocenters. The number of nitrogens with one attached hydrogen (secondary N) is 1. The van der Waals surface area contributed by atoms with Crippen LogP contribution in [0.25, 0.3) is 0 Å². The third kappa shape index (κ3) is 1.91. The van der Waals surface area contributed by atoms with E-state index in [-0.39, 0.29) is 16.6 Å². The number of aliphatic imine (C=N–C) groups is 1. The van der Waals surface area contributed by atoms with Gasteiger partial charge in [-0.2, -0.15) is 5.26 Å². The summed E-state index contributed by atoms with van der Waals surface area (Å²) in [7, 11) is 0. The molecule has 1 aromatic heterocycles. The van der Waals surface area contributed by atoms with Crippen molar-refractivity contribution in [3.63, 3.8) is 0 Å². The molecule has 1 unspecified atom stereocenters. The van der Waals surface area contributed by atoms with Crippen LogP contribution in [0.2, 0.25) is 0 Å². The molecular formula is C12H14N4OS. The van der Waals surface area contributed by atoms with Crippen LogP contribution in [0, 0.1) is 11.3 Å². The molecule has 2 heterocycles. The van der Waals surface area contributed by atoms with Gasteiger partial charge in [-0.3, -0.25) is 14.4 Å². The first kappa shape index (κ1) is 12.7. The van der Waals surface area contributed by atoms with Crippen LogP contribution in [-0.2, 0) is 6.54 Å². The number of pyridine rings is 1. The molecule has 6 heteroatoms. The van der Waals surface area contributed by atoms with Gasteiger partial charge >= 0.3 is 0 Å². The Kier molecular flexibility index (Phi) is 3.43. The number of aromatic nitrogens is 1. The highest BCUT2D eigenvalue weighted by atomic mass is 32.2. The van der Waals surface area contributed by atoms with Gasteiger partial charge < -0.3 is 5.32 Å². The lowest BCUT2D eigenvalue weighted by Gasteiger charge is -2.25. The molecule has 1 aliphatic heterocycles. The summed E-state index contributed by atoms with van der Waals surface area (Å²) >= 11 is 1.57. The SMILES string of the molecule is CCn1c2c(cc(C#N)c1=O)C(C)=NC(SC)N2. The number of hydrogen-bond donors (Lipinski definition) is 1. The molecule has 0 spiro atoms. The second-order valence-electron chi connectivity index (χ2n) is 3.93. The molecule has 0 bridgehead atoms. The van der Waals surface area contributed by atoms with Gasteiger partial charge in [-0.15, -0.1) is 11.8 Å². The third-order valence-electron chi connectivity index (χ3n) is 2.91. The Morgan fingerprint density at radius 3 is 2.94 bits per heavy atom. The predicted molar refractivity (Wildman–Crippen MR) is 74.2 cm³/mol. The molecule has 2 rings (SSSR count). The first-order valence-corrected chi connectivity index (χ1v) is 6.93. The van der Waals surface area contributed by atoms with Crippen molar-refractivity contribution in [3.8, 4) is 6.07 Å². The maximum Gasteiger partial charge on any atom is 0.270 e. The van der Waals surface area contributed by atoms with Crippen LogP contribution < -0.4 is 10.9 Å². The van der Waals surface area contributed by atoms with Gasteiger partial charge in [-0.05, 0) is 26.2 Å². The molecule has 0 saturated heterocycles. The normalized spacial score (nSPS) is 17.4. The van der Waals surface area contributed by atoms with Gasteiger partial charge in [0, 0.05) is 17.8 Å². The predicted octanol–water partition coefficient (Wildman–Crippen LogP) is 1.62. The molecular weight excluding hydrogens is 248 g/mol. The molecule has 94 valence electrons. The number of anilines is 1. The monoisotopic (exact) mass is 262 g/mol. The van der Waals surface area contributed by atoms with Gasteiger partial charge in [0.25, 0.3) is 5.56 Å². The Morgan fingerprint density at radius 1 is 1.67 bits per heavy atom. The summed E-state index contributed by atoms with van der Waals surface area (Å²) in [6, 6.07) is 3.56. The van der Waals surface area contributed by atoms with Crippen molar-refractivity contribution >= 4 is 23.3 Å². The Bertz CT molecular complexity index is 612. The van der Waals surface area contributed by atoms with Crippen molar-refractivity contribution in [1.82, 2.24) is 4.57 Å². The van der Waals surface area contributed by atoms with Gasteiger partial charge in [0.1, 0.15) is 17.5 Å². The molecule has 0 amide bonds. The summed E-state index contributed by atoms with van der Waals surface area (Å²) in [5, 5.41) is 12.2. The number of thioether (sulfide) groups is 1. The van der Waals surface area contributed by atoms with E-state index in [1.54, 1.807) is 22.4 Å². The number of rotatable bonds is 2. The van der Waals surface area contributed by atoms with Crippen LogP contribution in [0.15, 0.2) is 15.9 Å². The van der Waals surface area contributed by atoms with E-state index < -0.39 is 0 Å². The summed E-state index contributed by atoms with van der Waals surface area (Å²) in [5.41, 5.74) is 1.51. The molecule has 18 heavy (non-hydrogen) atoms. The van der Waals surface area contributed by atoms with E-state index in [0.29, 0.717) is 6.54 Å². The fraction of sp³-hybridized carbons (Fsp3) is 0.417. The first-order chi connectivity index (χ1) is 8.62. The highest BCUT2D eigenvalue weighted by Crippen LogP contribution is 2.25. The summed E-state index contributed by atoms with van der Waals surface area (Å²) in [6.45, 7) is 4.31. The van der Waals surface area contributed by atoms with E-state index in [2.05, 4.69) is 10.3 Å². The summed E-state index contributed by atoms with van der Waals surface area (Å²) in [6.07, 6.45) is 1.96. The van der Waals surface area contributed by atoms with Gasteiger partial charge in [-0.1, -0.05) is 0 Å². The van der Waals surface area contributed by atoms with Crippen LogP contribution in [0.4, 0.5) is 5.82 Å². The number of nitrogens with zero attached hydrogens (tertiary/aromatic N) is 3. The minimum Gasteiger partial charge on any atom is -0.341 e. The van der Waals surface area contributed by atoms with Crippen LogP contribution in [0.1, 0.15) is 25.0 Å². The van der Waals surface area contributed by atoms with E-state index >= 15 is 0 Å². The second kappa shape index (κ2) is 4.86. The van der Waals surface area contributed by atoms with Gasteiger partial charge in [0.2, 0.25) is 0 Å². The molecule has 0 saturated carbocycles. The zero-order chi connectivity index (χ0) is 13.3. The van der Waals surface area contributed by atoms with Crippen molar-refractivity contribution in [1.29, 1.82) is 5.26 Å². The topological polar surface area (TPSA) is 70.2 Å². The fourth-order valence-electron chi connectivity index (χ4n) is 1.99. The second-order valence-corrected chi connectivity index (χ2v) is 4.85. The van der Waals surface area contributed by atoms with Crippen LogP contribution in [0.5, 0.6) is 0 Å². The van der Waals surface area contributed by atoms with Crippen LogP contribution in [0.3, 0.4) is 0 Å². The van der Waals surface area contributed by atoms with Crippen molar-refractivity contribution in [2.75, 3.05) is 11.6 Å². The molecule has 0 radical (unpaired) electrons. The Balaban J connectivity index is 2.72. The van der Waals surface area contributed by atoms with E-state index in [9.17, 15) is 4.79 Å². The highest BCUT2D eigenvalue weighted by molar-refractivity contribution is 7.99. The zero-order valence-electron chi connectivity index (χ0n) is 10.5. The van der Waals surface area contributed by atoms with E-state index in [1.165, 1.54) is 0 Å². The van der Waals surface area contributed by atoms with E-state index in [4.69, 9.17) is 5.26 Å². The lowest BCUT2D eigenvalue weighted by atomic mass is 10.1. The van der Waals surface area contributed by atoms with Crippen molar-refractivity contribution in [2.24, 2.45) is 4.99 Å². The standard InChI is InChI=1S/C12H14N4OS/c1-4-16-10-9(5-8(6-13)11(16)17)7(2)14-12(15-10)18-3/h5,12,15H,4H2,1-3H3. The van der Waals surface area contributed by atoms with E-state index in [1.807, 2.05) is 26.2 Å². The molecule has 1 aliphatic rings. The zero-order valence-corrected chi connectivity index (χ0v) is 11.3. The largest absolute Gasteiger partial charge is 0.341 e. The molecule has 5 nitrogen and oxygen atoms in total. The quantitative estimate of drug-likeness (QED) is 0.879. The van der Waals surface area contributed by atoms with Gasteiger partial charge in [0.05, 0.1) is 0 Å². The molecule has 1 N–H and O–H groups in total. The van der Waals surface area contributed by atoms with E-state index in [0.717, 1.165) is 17.1 Å². The lowest BCUT2D eigenvalue weighted by molar-refractivity contribution is 0.722. The number of fused-ring (bicyclic) bond motifs is 1. The van der Waals surface area contributed by atoms with Gasteiger partial charge in [-0.25, -0.2) is 0 Å². The Hall–Kier alpha value is -1.74. The summed E-state index contributed by atoms with van der Waals surface area (Å²) in [5.74, 6) is 0.758. The maximum absolute atomic E-state index is 12.1. The lowest BCUT2D eigenvalue weighted by Crippen LogP contribution is -2.32. The molecule has 0 aliphatic carbocycles. The average Bonchev–Trinajstić information content (AvgIpc) is 2.38. The Labute approximate surface area is 110 Å². The average molecular weight is 262 g/mol. The number of hydrogen-bond acceptors (Lipinski definition) is 5. The molecule has 0 fully saturated rings. The van der Waals surface area contributed by atoms with Gasteiger partial charge in [0.15, 0.2) is 5.50 Å². The smallest absolute Gasteiger partial charge is 0.270 e. The summed E-state index contributed by atoms with van der Waals surface area (Å²) in [4.78, 5) is 16.5. The Morgan fingerprint density at radius 2 is 2.39 bits per heavy atom. The highest BCUT2D eigenvalue weighted by Gasteiger charge is 2.22. The third-order valence-corrected chi connectivity index (χ3v) is 3.58. The van der Waals surface area contributed by atoms with Crippen molar-refractivity contribution in [3.05, 3.63) is 27.5 Å². The minimum atomic E-state index is -0.249. The van der Waals surface area contributed by atoms with Crippen LogP contribution in [-0.4, -0.2) is 22.0 Å². The summed E-state index contributed by atoms with van der Waals surface area (Å²) < 4.78 is 1.59. The fourth-order valence-corrected chi connectivity index (χ4v) is 2.48. The number of nitriles is 1. The molecule has 0 aromatic carbocycles. The first-order valence-electron chi connectivity index (χ1n) is 5.64. The van der Waals surface area contributed by atoms with Crippen LogP contribution >= 0.6 is 11.8 Å². The van der Waals surface area contributed by atoms with Crippen molar-refractivity contribution < 1.29 is 0 Å². The maximum atomic E-state index is 12.1. The molecule has 1 aromatic rings. The van der Waals surface area contributed by atoms with Crippen molar-refractivity contribution in [2.45, 2.75) is 25.9 Å². The minimum absolute atomic E-state index is 0.0809.